The van der Waals surface area contributed by atoms with Crippen molar-refractivity contribution in [2.75, 3.05) is 18.0 Å². The maximum atomic E-state index is 4.59. The van der Waals surface area contributed by atoms with Crippen molar-refractivity contribution in [2.45, 2.75) is 18.5 Å². The normalized spacial score (nSPS) is 23.5. The number of thiophene rings is 1. The fourth-order valence-corrected chi connectivity index (χ4v) is 4.53. The number of nitrogens with zero attached hydrogens (tertiary/aromatic N) is 3. The molecule has 22 heavy (non-hydrogen) atoms. The van der Waals surface area contributed by atoms with Crippen molar-refractivity contribution < 1.29 is 0 Å². The number of benzene rings is 1. The predicted molar refractivity (Wildman–Crippen MR) is 90.4 cm³/mol. The summed E-state index contributed by atoms with van der Waals surface area (Å²) in [5.41, 5.74) is 1.25. The van der Waals surface area contributed by atoms with E-state index < -0.39 is 0 Å². The Kier molecular flexibility index (Phi) is 2.72. The van der Waals surface area contributed by atoms with E-state index in [1.165, 1.54) is 22.2 Å². The van der Waals surface area contributed by atoms with Crippen molar-refractivity contribution in [1.82, 2.24) is 15.3 Å². The van der Waals surface area contributed by atoms with Gasteiger partial charge in [0.15, 0.2) is 0 Å². The maximum Gasteiger partial charge on any atom is 0.140 e. The topological polar surface area (TPSA) is 41.0 Å². The van der Waals surface area contributed by atoms with E-state index >= 15 is 0 Å². The van der Waals surface area contributed by atoms with Crippen LogP contribution in [-0.2, 0) is 0 Å². The zero-order valence-electron chi connectivity index (χ0n) is 12.1. The van der Waals surface area contributed by atoms with Crippen LogP contribution in [0.2, 0.25) is 0 Å². The molecule has 3 aromatic rings. The van der Waals surface area contributed by atoms with Gasteiger partial charge in [0, 0.05) is 30.1 Å². The highest BCUT2D eigenvalue weighted by molar-refractivity contribution is 7.21. The molecule has 0 spiro atoms. The lowest BCUT2D eigenvalue weighted by atomic mass is 9.91. The van der Waals surface area contributed by atoms with Gasteiger partial charge in [0.2, 0.25) is 0 Å². The van der Waals surface area contributed by atoms with Crippen LogP contribution in [0.5, 0.6) is 0 Å². The van der Waals surface area contributed by atoms with Gasteiger partial charge in [-0.3, -0.25) is 0 Å². The zero-order chi connectivity index (χ0) is 14.5. The standard InChI is InChI=1S/C17H16N4S/c1-2-4-11(5-3-1)15-7-14-16(18-10-19-17(14)22-15)21-8-12-6-13(9-21)20-12/h1-5,7,10,12-13,20H,6,8-9H2. The van der Waals surface area contributed by atoms with Gasteiger partial charge in [-0.15, -0.1) is 11.3 Å². The number of hydrogen-bond acceptors (Lipinski definition) is 5. The van der Waals surface area contributed by atoms with E-state index in [2.05, 4.69) is 56.6 Å². The SMILES string of the molecule is c1ccc(-c2cc3c(N4CC5CC(C4)N5)ncnc3s2)cc1. The van der Waals surface area contributed by atoms with Crippen LogP contribution in [0.15, 0.2) is 42.7 Å². The first-order chi connectivity index (χ1) is 10.9. The Morgan fingerprint density at radius 1 is 1.09 bits per heavy atom. The molecular formula is C17H16N4S. The first-order valence-corrected chi connectivity index (χ1v) is 8.49. The van der Waals surface area contributed by atoms with Crippen LogP contribution in [0, 0.1) is 0 Å². The van der Waals surface area contributed by atoms with Crippen molar-refractivity contribution in [3.8, 4) is 10.4 Å². The summed E-state index contributed by atoms with van der Waals surface area (Å²) in [4.78, 5) is 13.8. The minimum Gasteiger partial charge on any atom is -0.353 e. The number of piperidine rings is 1. The smallest absolute Gasteiger partial charge is 0.140 e. The quantitative estimate of drug-likeness (QED) is 0.790. The summed E-state index contributed by atoms with van der Waals surface area (Å²) in [5.74, 6) is 1.10. The number of piperazine rings is 1. The van der Waals surface area contributed by atoms with Crippen LogP contribution in [0.4, 0.5) is 5.82 Å². The Bertz CT molecular complexity index is 813. The van der Waals surface area contributed by atoms with Gasteiger partial charge in [-0.1, -0.05) is 30.3 Å². The minimum absolute atomic E-state index is 0.635. The zero-order valence-corrected chi connectivity index (χ0v) is 12.9. The summed E-state index contributed by atoms with van der Waals surface area (Å²) in [7, 11) is 0. The average Bonchev–Trinajstić information content (AvgIpc) is 2.99. The molecule has 2 unspecified atom stereocenters. The second kappa shape index (κ2) is 4.76. The van der Waals surface area contributed by atoms with Crippen molar-refractivity contribution in [3.63, 3.8) is 0 Å². The number of anilines is 1. The number of fused-ring (bicyclic) bond motifs is 3. The molecular weight excluding hydrogens is 292 g/mol. The van der Waals surface area contributed by atoms with Crippen LogP contribution in [0.25, 0.3) is 20.7 Å². The highest BCUT2D eigenvalue weighted by Crippen LogP contribution is 2.37. The van der Waals surface area contributed by atoms with E-state index in [4.69, 9.17) is 0 Å². The molecule has 4 nitrogen and oxygen atoms in total. The molecule has 0 radical (unpaired) electrons. The molecule has 1 N–H and O–H groups in total. The Labute approximate surface area is 132 Å². The van der Waals surface area contributed by atoms with Crippen LogP contribution in [0.3, 0.4) is 0 Å². The number of aromatic nitrogens is 2. The molecule has 0 aliphatic carbocycles. The van der Waals surface area contributed by atoms with Crippen LogP contribution in [0.1, 0.15) is 6.42 Å². The monoisotopic (exact) mass is 308 g/mol. The maximum absolute atomic E-state index is 4.59. The Morgan fingerprint density at radius 2 is 1.86 bits per heavy atom. The second-order valence-electron chi connectivity index (χ2n) is 6.09. The summed E-state index contributed by atoms with van der Waals surface area (Å²) in [6.07, 6.45) is 3.01. The van der Waals surface area contributed by atoms with Crippen molar-refractivity contribution in [2.24, 2.45) is 0 Å². The average molecular weight is 308 g/mol. The molecule has 3 fully saturated rings. The van der Waals surface area contributed by atoms with Gasteiger partial charge in [0.05, 0.1) is 5.39 Å². The van der Waals surface area contributed by atoms with E-state index in [1.54, 1.807) is 17.7 Å². The van der Waals surface area contributed by atoms with Gasteiger partial charge in [0.25, 0.3) is 0 Å². The Morgan fingerprint density at radius 3 is 2.64 bits per heavy atom. The molecule has 0 saturated carbocycles. The molecule has 1 aromatic carbocycles. The van der Waals surface area contributed by atoms with Crippen LogP contribution in [-0.4, -0.2) is 35.1 Å². The van der Waals surface area contributed by atoms with Crippen molar-refractivity contribution in [3.05, 3.63) is 42.7 Å². The van der Waals surface area contributed by atoms with Crippen molar-refractivity contribution >= 4 is 27.4 Å². The molecule has 3 aliphatic heterocycles. The summed E-state index contributed by atoms with van der Waals surface area (Å²) >= 11 is 1.75. The highest BCUT2D eigenvalue weighted by atomic mass is 32.1. The lowest BCUT2D eigenvalue weighted by Gasteiger charge is -2.48. The number of hydrogen-bond donors (Lipinski definition) is 1. The lowest BCUT2D eigenvalue weighted by Crippen LogP contribution is -2.67. The highest BCUT2D eigenvalue weighted by Gasteiger charge is 2.37. The molecule has 5 heteroatoms. The predicted octanol–water partition coefficient (Wildman–Crippen LogP) is 2.91. The molecule has 6 rings (SSSR count). The Hall–Kier alpha value is -1.98. The third kappa shape index (κ3) is 1.93. The van der Waals surface area contributed by atoms with Gasteiger partial charge in [-0.05, 0) is 18.1 Å². The van der Waals surface area contributed by atoms with E-state index in [0.717, 1.165) is 23.7 Å². The molecule has 2 aromatic heterocycles. The van der Waals surface area contributed by atoms with Gasteiger partial charge < -0.3 is 10.2 Å². The van der Waals surface area contributed by atoms with Crippen LogP contribution >= 0.6 is 11.3 Å². The fourth-order valence-electron chi connectivity index (χ4n) is 3.53. The van der Waals surface area contributed by atoms with E-state index in [-0.39, 0.29) is 0 Å². The van der Waals surface area contributed by atoms with Gasteiger partial charge in [0.1, 0.15) is 17.0 Å². The van der Waals surface area contributed by atoms with Gasteiger partial charge >= 0.3 is 0 Å². The lowest BCUT2D eigenvalue weighted by molar-refractivity contribution is 0.225. The molecule has 0 amide bonds. The molecule has 2 bridgehead atoms. The molecule has 3 aliphatic rings. The summed E-state index contributed by atoms with van der Waals surface area (Å²) in [6, 6.07) is 14.0. The summed E-state index contributed by atoms with van der Waals surface area (Å²) < 4.78 is 0. The summed E-state index contributed by atoms with van der Waals surface area (Å²) in [5, 5.41) is 4.76. The van der Waals surface area contributed by atoms with E-state index in [1.807, 2.05) is 0 Å². The first kappa shape index (κ1) is 12.6. The Balaban J connectivity index is 1.59. The summed E-state index contributed by atoms with van der Waals surface area (Å²) in [6.45, 7) is 2.11. The fraction of sp³-hybridized carbons (Fsp3) is 0.294. The largest absolute Gasteiger partial charge is 0.353 e. The van der Waals surface area contributed by atoms with Gasteiger partial charge in [-0.25, -0.2) is 9.97 Å². The number of nitrogens with one attached hydrogen (secondary N) is 1. The first-order valence-electron chi connectivity index (χ1n) is 7.68. The van der Waals surface area contributed by atoms with Gasteiger partial charge in [-0.2, -0.15) is 0 Å². The number of rotatable bonds is 2. The molecule has 5 heterocycles. The second-order valence-corrected chi connectivity index (χ2v) is 7.12. The minimum atomic E-state index is 0.635. The van der Waals surface area contributed by atoms with E-state index in [0.29, 0.717) is 12.1 Å². The molecule has 3 saturated heterocycles. The third-order valence-corrected chi connectivity index (χ3v) is 5.68. The van der Waals surface area contributed by atoms with E-state index in [9.17, 15) is 0 Å². The van der Waals surface area contributed by atoms with Crippen molar-refractivity contribution in [1.29, 1.82) is 0 Å². The third-order valence-electron chi connectivity index (χ3n) is 4.59. The molecule has 110 valence electrons. The van der Waals surface area contributed by atoms with Crippen LogP contribution < -0.4 is 10.2 Å². The molecule has 2 atom stereocenters.